The fourth-order valence-corrected chi connectivity index (χ4v) is 1.42. The van der Waals surface area contributed by atoms with Gasteiger partial charge in [-0.1, -0.05) is 0 Å². The maximum Gasteiger partial charge on any atom is 0.339 e. The number of ether oxygens (including phenoxy) is 1. The molecule has 1 heterocycles. The number of aromatic nitrogens is 1. The average Bonchev–Trinajstić information content (AvgIpc) is 2.47. The highest BCUT2D eigenvalue weighted by atomic mass is 79.9. The van der Waals surface area contributed by atoms with E-state index in [0.717, 1.165) is 6.29 Å². The molecule has 70 valence electrons. The van der Waals surface area contributed by atoms with Gasteiger partial charge in [-0.05, 0) is 22.0 Å². The Balaban J connectivity index is 2.94. The fraction of sp³-hybridized carbons (Fsp3) is 0.250. The van der Waals surface area contributed by atoms with Crippen LogP contribution in [-0.2, 0) is 16.1 Å². The van der Waals surface area contributed by atoms with Crippen molar-refractivity contribution in [3.63, 3.8) is 0 Å². The number of aldehydes is 1. The van der Waals surface area contributed by atoms with E-state index in [1.165, 1.54) is 7.11 Å². The largest absolute Gasteiger partial charge is 0.465 e. The topological polar surface area (TPSA) is 48.3 Å². The summed E-state index contributed by atoms with van der Waals surface area (Å²) in [7, 11) is 1.31. The van der Waals surface area contributed by atoms with Crippen LogP contribution in [0.25, 0.3) is 0 Å². The van der Waals surface area contributed by atoms with Crippen molar-refractivity contribution < 1.29 is 14.3 Å². The minimum absolute atomic E-state index is 0.220. The number of hydrogen-bond acceptors (Lipinski definition) is 3. The van der Waals surface area contributed by atoms with E-state index in [2.05, 4.69) is 20.7 Å². The second kappa shape index (κ2) is 4.23. The third-order valence-corrected chi connectivity index (χ3v) is 2.22. The first kappa shape index (κ1) is 9.98. The number of esters is 1. The van der Waals surface area contributed by atoms with Crippen molar-refractivity contribution in [3.05, 3.63) is 22.4 Å². The molecule has 0 aromatic carbocycles. The standard InChI is InChI=1S/C8H8BrNO3/c1-13-8(12)6-4-7(9)10(5-6)2-3-11/h3-5H,2H2,1H3. The number of nitrogens with zero attached hydrogens (tertiary/aromatic N) is 1. The SMILES string of the molecule is COC(=O)c1cc(Br)n(CC=O)c1. The monoisotopic (exact) mass is 245 g/mol. The van der Waals surface area contributed by atoms with Crippen LogP contribution in [-0.4, -0.2) is 23.9 Å². The molecule has 0 aliphatic rings. The van der Waals surface area contributed by atoms with Crippen LogP contribution in [0.4, 0.5) is 0 Å². The molecule has 0 spiro atoms. The van der Waals surface area contributed by atoms with Crippen molar-refractivity contribution in [2.24, 2.45) is 0 Å². The summed E-state index contributed by atoms with van der Waals surface area (Å²) >= 11 is 3.21. The van der Waals surface area contributed by atoms with Crippen LogP contribution in [0.5, 0.6) is 0 Å². The van der Waals surface area contributed by atoms with E-state index >= 15 is 0 Å². The van der Waals surface area contributed by atoms with Crippen molar-refractivity contribution in [1.82, 2.24) is 4.57 Å². The highest BCUT2D eigenvalue weighted by molar-refractivity contribution is 9.10. The summed E-state index contributed by atoms with van der Waals surface area (Å²) in [5, 5.41) is 0. The molecule has 0 radical (unpaired) electrons. The predicted octanol–water partition coefficient (Wildman–Crippen LogP) is 1.24. The summed E-state index contributed by atoms with van der Waals surface area (Å²) in [5.41, 5.74) is 0.427. The number of methoxy groups -OCH3 is 1. The van der Waals surface area contributed by atoms with Crippen LogP contribution in [0.3, 0.4) is 0 Å². The molecule has 0 saturated carbocycles. The minimum Gasteiger partial charge on any atom is -0.465 e. The summed E-state index contributed by atoms with van der Waals surface area (Å²) in [6.07, 6.45) is 2.32. The third kappa shape index (κ3) is 2.18. The third-order valence-electron chi connectivity index (χ3n) is 1.54. The zero-order chi connectivity index (χ0) is 9.84. The average molecular weight is 246 g/mol. The Labute approximate surface area is 83.6 Å². The van der Waals surface area contributed by atoms with Gasteiger partial charge in [0.05, 0.1) is 23.8 Å². The van der Waals surface area contributed by atoms with Crippen LogP contribution < -0.4 is 0 Å². The number of hydrogen-bond donors (Lipinski definition) is 0. The maximum absolute atomic E-state index is 11.0. The summed E-state index contributed by atoms with van der Waals surface area (Å²) in [6, 6.07) is 1.61. The van der Waals surface area contributed by atoms with Gasteiger partial charge in [0.25, 0.3) is 0 Å². The van der Waals surface area contributed by atoms with Gasteiger partial charge < -0.3 is 14.1 Å². The minimum atomic E-state index is -0.412. The molecule has 1 rings (SSSR count). The Morgan fingerprint density at radius 2 is 2.46 bits per heavy atom. The smallest absolute Gasteiger partial charge is 0.339 e. The quantitative estimate of drug-likeness (QED) is 0.595. The van der Waals surface area contributed by atoms with E-state index in [9.17, 15) is 9.59 Å². The molecule has 0 N–H and O–H groups in total. The van der Waals surface area contributed by atoms with Crippen molar-refractivity contribution in [3.8, 4) is 0 Å². The van der Waals surface area contributed by atoms with Crippen molar-refractivity contribution >= 4 is 28.2 Å². The van der Waals surface area contributed by atoms with E-state index in [4.69, 9.17) is 0 Å². The molecular weight excluding hydrogens is 238 g/mol. The highest BCUT2D eigenvalue weighted by Gasteiger charge is 2.10. The van der Waals surface area contributed by atoms with Crippen LogP contribution in [0.2, 0.25) is 0 Å². The van der Waals surface area contributed by atoms with Gasteiger partial charge in [0, 0.05) is 6.20 Å². The van der Waals surface area contributed by atoms with E-state index in [-0.39, 0.29) is 6.54 Å². The van der Waals surface area contributed by atoms with Gasteiger partial charge in [0.1, 0.15) is 6.29 Å². The lowest BCUT2D eigenvalue weighted by molar-refractivity contribution is -0.108. The van der Waals surface area contributed by atoms with Crippen LogP contribution in [0.15, 0.2) is 16.9 Å². The van der Waals surface area contributed by atoms with E-state index in [1.54, 1.807) is 16.8 Å². The first-order valence-corrected chi connectivity index (χ1v) is 4.36. The number of rotatable bonds is 3. The molecule has 1 aromatic heterocycles. The normalized spacial score (nSPS) is 9.69. The molecule has 0 amide bonds. The van der Waals surface area contributed by atoms with Crippen molar-refractivity contribution in [2.75, 3.05) is 7.11 Å². The Morgan fingerprint density at radius 3 is 3.00 bits per heavy atom. The zero-order valence-electron chi connectivity index (χ0n) is 6.99. The van der Waals surface area contributed by atoms with Gasteiger partial charge in [0.2, 0.25) is 0 Å². The van der Waals surface area contributed by atoms with Crippen molar-refractivity contribution in [2.45, 2.75) is 6.54 Å². The van der Waals surface area contributed by atoms with Crippen molar-refractivity contribution in [1.29, 1.82) is 0 Å². The summed E-state index contributed by atoms with van der Waals surface area (Å²) in [4.78, 5) is 21.3. The van der Waals surface area contributed by atoms with Gasteiger partial charge in [-0.15, -0.1) is 0 Å². The highest BCUT2D eigenvalue weighted by Crippen LogP contribution is 2.15. The second-order valence-electron chi connectivity index (χ2n) is 2.36. The molecule has 4 nitrogen and oxygen atoms in total. The van der Waals surface area contributed by atoms with Gasteiger partial charge in [0.15, 0.2) is 0 Å². The zero-order valence-corrected chi connectivity index (χ0v) is 8.58. The molecule has 0 aliphatic heterocycles. The molecule has 13 heavy (non-hydrogen) atoms. The molecular formula is C8H8BrNO3. The Morgan fingerprint density at radius 1 is 1.77 bits per heavy atom. The van der Waals surface area contributed by atoms with Crippen LogP contribution in [0.1, 0.15) is 10.4 Å². The molecule has 0 unspecified atom stereocenters. The fourth-order valence-electron chi connectivity index (χ4n) is 0.928. The molecule has 1 aromatic rings. The van der Waals surface area contributed by atoms with E-state index in [0.29, 0.717) is 10.2 Å². The molecule has 0 fully saturated rings. The number of halogens is 1. The summed E-state index contributed by atoms with van der Waals surface area (Å²) in [5.74, 6) is -0.412. The summed E-state index contributed by atoms with van der Waals surface area (Å²) < 4.78 is 6.81. The predicted molar refractivity (Wildman–Crippen MR) is 49.5 cm³/mol. The van der Waals surface area contributed by atoms with Gasteiger partial charge in [-0.2, -0.15) is 0 Å². The maximum atomic E-state index is 11.0. The van der Waals surface area contributed by atoms with Crippen LogP contribution in [0, 0.1) is 0 Å². The lowest BCUT2D eigenvalue weighted by Crippen LogP contribution is -2.00. The Kier molecular flexibility index (Phi) is 3.25. The molecule has 0 saturated heterocycles. The summed E-state index contributed by atoms with van der Waals surface area (Å²) in [6.45, 7) is 0.220. The first-order valence-electron chi connectivity index (χ1n) is 3.56. The Bertz CT molecular complexity index is 332. The number of carbonyl (C=O) groups excluding carboxylic acids is 2. The molecule has 5 heteroatoms. The molecule has 0 aliphatic carbocycles. The molecule has 0 atom stereocenters. The number of carbonyl (C=O) groups is 2. The van der Waals surface area contributed by atoms with Gasteiger partial charge >= 0.3 is 5.97 Å². The first-order chi connectivity index (χ1) is 6.19. The van der Waals surface area contributed by atoms with E-state index < -0.39 is 5.97 Å². The van der Waals surface area contributed by atoms with E-state index in [1.807, 2.05) is 0 Å². The lowest BCUT2D eigenvalue weighted by atomic mass is 10.3. The lowest BCUT2D eigenvalue weighted by Gasteiger charge is -1.95. The van der Waals surface area contributed by atoms with Gasteiger partial charge in [-0.3, -0.25) is 0 Å². The second-order valence-corrected chi connectivity index (χ2v) is 3.17. The van der Waals surface area contributed by atoms with Crippen LogP contribution >= 0.6 is 15.9 Å². The molecule has 0 bridgehead atoms. The van der Waals surface area contributed by atoms with Gasteiger partial charge in [-0.25, -0.2) is 4.79 Å². The Hall–Kier alpha value is -1.10.